The lowest BCUT2D eigenvalue weighted by Gasteiger charge is -2.29. The van der Waals surface area contributed by atoms with Crippen LogP contribution in [0.3, 0.4) is 0 Å². The molecule has 2 fully saturated rings. The first kappa shape index (κ1) is 47.5. The smallest absolute Gasteiger partial charge is 0.325 e. The van der Waals surface area contributed by atoms with Crippen LogP contribution < -0.4 is 32.3 Å². The van der Waals surface area contributed by atoms with E-state index in [0.717, 1.165) is 16.5 Å². The number of nitrogens with two attached hydrogens (primary N) is 1. The molecular weight excluding hydrogens is 815 g/mol. The number of fused-ring (bicyclic) bond motifs is 1. The van der Waals surface area contributed by atoms with Crippen molar-refractivity contribution in [3.63, 3.8) is 0 Å². The van der Waals surface area contributed by atoms with Crippen molar-refractivity contribution in [3.05, 3.63) is 65.9 Å². The molecule has 7 atom stereocenters. The summed E-state index contributed by atoms with van der Waals surface area (Å²) < 4.78 is 0. The van der Waals surface area contributed by atoms with Gasteiger partial charge in [-0.3, -0.25) is 38.4 Å². The van der Waals surface area contributed by atoms with Gasteiger partial charge in [-0.1, -0.05) is 44.2 Å². The second-order valence-electron chi connectivity index (χ2n) is 16.8. The van der Waals surface area contributed by atoms with Gasteiger partial charge in [0.1, 0.15) is 42.0 Å². The van der Waals surface area contributed by atoms with Crippen LogP contribution in [0.5, 0.6) is 5.75 Å². The third-order valence-corrected chi connectivity index (χ3v) is 11.3. The Balaban J connectivity index is 1.34. The van der Waals surface area contributed by atoms with Crippen molar-refractivity contribution in [1.82, 2.24) is 41.4 Å². The molecule has 0 bridgehead atoms. The molecule has 0 unspecified atom stereocenters. The number of aromatic hydroxyl groups is 1. The van der Waals surface area contributed by atoms with E-state index in [1.54, 1.807) is 25.3 Å². The molecule has 0 radical (unpaired) electrons. The number of para-hydroxylation sites is 1. The summed E-state index contributed by atoms with van der Waals surface area (Å²) in [4.78, 5) is 113. The molecule has 0 aliphatic carbocycles. The first-order valence-corrected chi connectivity index (χ1v) is 21.3. The number of amides is 7. The van der Waals surface area contributed by atoms with Crippen molar-refractivity contribution in [3.8, 4) is 5.75 Å². The van der Waals surface area contributed by atoms with Gasteiger partial charge in [0.05, 0.1) is 12.6 Å². The van der Waals surface area contributed by atoms with Crippen LogP contribution in [0.25, 0.3) is 10.9 Å². The molecule has 3 heterocycles. The Labute approximate surface area is 365 Å². The van der Waals surface area contributed by atoms with Crippen LogP contribution in [-0.2, 0) is 51.2 Å². The van der Waals surface area contributed by atoms with Gasteiger partial charge in [-0.15, -0.1) is 0 Å². The lowest BCUT2D eigenvalue weighted by Crippen LogP contribution is -2.59. The summed E-state index contributed by atoms with van der Waals surface area (Å²) in [6, 6.07) is 5.97. The van der Waals surface area contributed by atoms with Crippen LogP contribution in [0.2, 0.25) is 0 Å². The van der Waals surface area contributed by atoms with Gasteiger partial charge in [0.2, 0.25) is 41.4 Å². The molecule has 19 nitrogen and oxygen atoms in total. The highest BCUT2D eigenvalue weighted by Crippen LogP contribution is 2.22. The van der Waals surface area contributed by atoms with Crippen molar-refractivity contribution in [2.75, 3.05) is 19.6 Å². The normalized spacial score (nSPS) is 18.5. The molecule has 2 saturated heterocycles. The standard InChI is InChI=1S/C44H59N9O10/c1-24(2)19-32(49-40(58)34(21-28-22-46-31-10-6-5-9-30(28)31)51-42(60)36-12-8-18-53(36)43(61)25(3)45)39(57)50-33(20-27-13-15-29(54)16-14-27)38(56)47-23-37(55)52-17-7-11-35(52)41(59)48-26(4)44(62)63/h5-6,9-10,13-16,22,24-26,32-36,46,54H,7-8,11-12,17-21,23,45H2,1-4H3,(H,47,56)(H,48,59)(H,49,58)(H,50,57)(H,51,60)(H,62,63)/t25-,26-,32-,33-,34-,35-,36-/m0/s1. The predicted molar refractivity (Wildman–Crippen MR) is 230 cm³/mol. The second-order valence-corrected chi connectivity index (χ2v) is 16.8. The number of hydrogen-bond acceptors (Lipinski definition) is 10. The molecule has 2 aliphatic heterocycles. The molecule has 7 amide bonds. The zero-order valence-corrected chi connectivity index (χ0v) is 36.0. The maximum Gasteiger partial charge on any atom is 0.325 e. The highest BCUT2D eigenvalue weighted by atomic mass is 16.4. The van der Waals surface area contributed by atoms with Crippen molar-refractivity contribution in [2.45, 2.75) is 115 Å². The second kappa shape index (κ2) is 21.5. The van der Waals surface area contributed by atoms with E-state index >= 15 is 0 Å². The van der Waals surface area contributed by atoms with Gasteiger partial charge in [-0.2, -0.15) is 0 Å². The van der Waals surface area contributed by atoms with Gasteiger partial charge in [0.25, 0.3) is 0 Å². The SMILES string of the molecule is CC(C)C[C@H](NC(=O)[C@H](Cc1c[nH]c2ccccc12)NC(=O)[C@@H]1CCCN1C(=O)[C@H](C)N)C(=O)N[C@@H](Cc1ccc(O)cc1)C(=O)NCC(=O)N1CCC[C@H]1C(=O)N[C@@H](C)C(=O)O. The Morgan fingerprint density at radius 3 is 1.98 bits per heavy atom. The number of nitrogens with zero attached hydrogens (tertiary/aromatic N) is 2. The number of aromatic nitrogens is 1. The molecule has 10 N–H and O–H groups in total. The molecular formula is C44H59N9O10. The molecule has 63 heavy (non-hydrogen) atoms. The minimum absolute atomic E-state index is 0.0218. The third kappa shape index (κ3) is 12.6. The van der Waals surface area contributed by atoms with E-state index in [0.29, 0.717) is 37.8 Å². The molecule has 340 valence electrons. The predicted octanol–water partition coefficient (Wildman–Crippen LogP) is 0.194. The summed E-state index contributed by atoms with van der Waals surface area (Å²) in [6.45, 7) is 6.57. The van der Waals surface area contributed by atoms with E-state index in [2.05, 4.69) is 31.6 Å². The Morgan fingerprint density at radius 2 is 1.33 bits per heavy atom. The van der Waals surface area contributed by atoms with Gasteiger partial charge < -0.3 is 57.3 Å². The molecule has 1 aromatic heterocycles. The fourth-order valence-electron chi connectivity index (χ4n) is 7.98. The van der Waals surface area contributed by atoms with E-state index in [4.69, 9.17) is 5.73 Å². The lowest BCUT2D eigenvalue weighted by molar-refractivity contribution is -0.143. The van der Waals surface area contributed by atoms with Gasteiger partial charge >= 0.3 is 5.97 Å². The quantitative estimate of drug-likeness (QED) is 0.0784. The fourth-order valence-corrected chi connectivity index (χ4v) is 7.98. The van der Waals surface area contributed by atoms with Crippen LogP contribution >= 0.6 is 0 Å². The van der Waals surface area contributed by atoms with Crippen molar-refractivity contribution in [2.24, 2.45) is 11.7 Å². The number of hydrogen-bond donors (Lipinski definition) is 9. The fraction of sp³-hybridized carbons (Fsp3) is 0.500. The first-order valence-electron chi connectivity index (χ1n) is 21.3. The Kier molecular flexibility index (Phi) is 16.2. The number of carbonyl (C=O) groups is 8. The van der Waals surface area contributed by atoms with E-state index in [1.807, 2.05) is 38.1 Å². The van der Waals surface area contributed by atoms with Crippen molar-refractivity contribution >= 4 is 58.2 Å². The van der Waals surface area contributed by atoms with Crippen LogP contribution in [0, 0.1) is 5.92 Å². The number of aliphatic carboxylic acids is 1. The third-order valence-electron chi connectivity index (χ3n) is 11.3. The van der Waals surface area contributed by atoms with Crippen LogP contribution in [0.1, 0.15) is 70.9 Å². The number of likely N-dealkylation sites (tertiary alicyclic amines) is 2. The minimum atomic E-state index is -1.28. The molecule has 2 aliphatic rings. The van der Waals surface area contributed by atoms with E-state index in [-0.39, 0.29) is 43.4 Å². The maximum atomic E-state index is 14.4. The van der Waals surface area contributed by atoms with Crippen LogP contribution in [0.15, 0.2) is 54.7 Å². The number of aromatic amines is 1. The molecule has 0 spiro atoms. The highest BCUT2D eigenvalue weighted by molar-refractivity contribution is 5.97. The monoisotopic (exact) mass is 873 g/mol. The average molecular weight is 874 g/mol. The summed E-state index contributed by atoms with van der Waals surface area (Å²) in [7, 11) is 0. The largest absolute Gasteiger partial charge is 0.508 e. The lowest BCUT2D eigenvalue weighted by atomic mass is 9.99. The number of benzene rings is 2. The number of phenols is 1. The average Bonchev–Trinajstić information content (AvgIpc) is 4.03. The van der Waals surface area contributed by atoms with E-state index < -0.39 is 90.3 Å². The summed E-state index contributed by atoms with van der Waals surface area (Å²) in [6.07, 6.45) is 3.57. The van der Waals surface area contributed by atoms with Gasteiger partial charge in [0.15, 0.2) is 0 Å². The Morgan fingerprint density at radius 1 is 0.746 bits per heavy atom. The van der Waals surface area contributed by atoms with Gasteiger partial charge in [-0.05, 0) is 81.2 Å². The summed E-state index contributed by atoms with van der Waals surface area (Å²) in [5, 5.41) is 33.3. The number of rotatable bonds is 19. The maximum absolute atomic E-state index is 14.4. The number of carboxylic acids is 1. The van der Waals surface area contributed by atoms with Crippen LogP contribution in [0.4, 0.5) is 0 Å². The Hall–Kier alpha value is -6.50. The zero-order valence-electron chi connectivity index (χ0n) is 36.0. The highest BCUT2D eigenvalue weighted by Gasteiger charge is 2.39. The molecule has 5 rings (SSSR count). The van der Waals surface area contributed by atoms with E-state index in [1.165, 1.54) is 28.9 Å². The van der Waals surface area contributed by atoms with Crippen molar-refractivity contribution < 1.29 is 48.6 Å². The summed E-state index contributed by atoms with van der Waals surface area (Å²) in [5.74, 6) is -5.66. The minimum Gasteiger partial charge on any atom is -0.508 e. The number of phenolic OH excluding ortho intramolecular Hbond substituents is 1. The summed E-state index contributed by atoms with van der Waals surface area (Å²) >= 11 is 0. The van der Waals surface area contributed by atoms with E-state index in [9.17, 15) is 48.6 Å². The molecule has 0 saturated carbocycles. The molecule has 2 aromatic carbocycles. The van der Waals surface area contributed by atoms with Gasteiger partial charge in [-0.25, -0.2) is 0 Å². The number of H-pyrrole nitrogens is 1. The summed E-state index contributed by atoms with van der Waals surface area (Å²) in [5.41, 5.74) is 7.97. The van der Waals surface area contributed by atoms with Gasteiger partial charge in [0, 0.05) is 43.0 Å². The number of carboxylic acid groups (broad SMARTS) is 1. The molecule has 19 heteroatoms. The first-order chi connectivity index (χ1) is 29.9. The number of nitrogens with one attached hydrogen (secondary N) is 6. The topological polar surface area (TPSA) is 285 Å². The Bertz CT molecular complexity index is 2160. The van der Waals surface area contributed by atoms with Crippen LogP contribution in [-0.4, -0.2) is 134 Å². The zero-order chi connectivity index (χ0) is 46.0. The molecule has 3 aromatic rings. The van der Waals surface area contributed by atoms with Crippen molar-refractivity contribution in [1.29, 1.82) is 0 Å². The number of carbonyl (C=O) groups excluding carboxylic acids is 7.